The molecule has 1 aromatic carbocycles. The summed E-state index contributed by atoms with van der Waals surface area (Å²) in [5.74, 6) is -0.372. The first-order valence-electron chi connectivity index (χ1n) is 4.26. The van der Waals surface area contributed by atoms with Crippen molar-refractivity contribution in [2.45, 2.75) is 13.0 Å². The van der Waals surface area contributed by atoms with Crippen molar-refractivity contribution in [3.05, 3.63) is 35.4 Å². The summed E-state index contributed by atoms with van der Waals surface area (Å²) >= 11 is 0. The van der Waals surface area contributed by atoms with Crippen molar-refractivity contribution in [2.24, 2.45) is 5.73 Å². The zero-order valence-electron chi connectivity index (χ0n) is 7.69. The number of carbonyl (C=O) groups is 2. The van der Waals surface area contributed by atoms with E-state index in [0.29, 0.717) is 13.0 Å². The van der Waals surface area contributed by atoms with E-state index in [9.17, 15) is 9.59 Å². The van der Waals surface area contributed by atoms with Gasteiger partial charge in [0.1, 0.15) is 0 Å². The van der Waals surface area contributed by atoms with Crippen molar-refractivity contribution in [2.75, 3.05) is 0 Å². The highest BCUT2D eigenvalue weighted by atomic mass is 16.1. The quantitative estimate of drug-likeness (QED) is 0.642. The summed E-state index contributed by atoms with van der Waals surface area (Å²) in [6.07, 6.45) is 0.831. The van der Waals surface area contributed by atoms with Crippen LogP contribution in [0.25, 0.3) is 0 Å². The van der Waals surface area contributed by atoms with E-state index in [1.807, 2.05) is 24.3 Å². The lowest BCUT2D eigenvalue weighted by molar-refractivity contribution is -0.117. The SMILES string of the molecule is NC(=O)Cc1ccccc1CNC=O. The van der Waals surface area contributed by atoms with Gasteiger partial charge in [-0.05, 0) is 11.1 Å². The lowest BCUT2D eigenvalue weighted by Crippen LogP contribution is -2.17. The Morgan fingerprint density at radius 3 is 2.57 bits per heavy atom. The predicted octanol–water partition coefficient (Wildman–Crippen LogP) is -0.0396. The van der Waals surface area contributed by atoms with E-state index in [0.717, 1.165) is 11.1 Å². The fourth-order valence-electron chi connectivity index (χ4n) is 1.24. The number of amides is 2. The van der Waals surface area contributed by atoms with Gasteiger partial charge in [0.25, 0.3) is 0 Å². The largest absolute Gasteiger partial charge is 0.369 e. The summed E-state index contributed by atoms with van der Waals surface area (Å²) in [6.45, 7) is 0.424. The van der Waals surface area contributed by atoms with Gasteiger partial charge in [-0.25, -0.2) is 0 Å². The molecule has 4 heteroatoms. The summed E-state index contributed by atoms with van der Waals surface area (Å²) in [4.78, 5) is 20.8. The number of primary amides is 1. The molecule has 0 spiro atoms. The van der Waals surface area contributed by atoms with Gasteiger partial charge in [-0.1, -0.05) is 24.3 Å². The Bertz CT molecular complexity index is 337. The van der Waals surface area contributed by atoms with Crippen molar-refractivity contribution >= 4 is 12.3 Å². The fourth-order valence-corrected chi connectivity index (χ4v) is 1.24. The molecule has 74 valence electrons. The molecule has 0 aromatic heterocycles. The average molecular weight is 192 g/mol. The molecule has 0 atom stereocenters. The Balaban J connectivity index is 2.79. The van der Waals surface area contributed by atoms with Gasteiger partial charge in [0.15, 0.2) is 0 Å². The van der Waals surface area contributed by atoms with Gasteiger partial charge in [-0.2, -0.15) is 0 Å². The Morgan fingerprint density at radius 1 is 1.36 bits per heavy atom. The molecule has 0 saturated carbocycles. The molecule has 0 aliphatic carbocycles. The van der Waals surface area contributed by atoms with E-state index in [4.69, 9.17) is 5.73 Å². The van der Waals surface area contributed by atoms with Crippen LogP contribution in [-0.4, -0.2) is 12.3 Å². The van der Waals surface area contributed by atoms with Gasteiger partial charge in [-0.15, -0.1) is 0 Å². The van der Waals surface area contributed by atoms with Crippen molar-refractivity contribution < 1.29 is 9.59 Å². The number of hydrogen-bond donors (Lipinski definition) is 2. The molecule has 1 aromatic rings. The number of carbonyl (C=O) groups excluding carboxylic acids is 2. The highest BCUT2D eigenvalue weighted by Crippen LogP contribution is 2.08. The van der Waals surface area contributed by atoms with Crippen LogP contribution in [0.5, 0.6) is 0 Å². The van der Waals surface area contributed by atoms with Crippen LogP contribution in [0.4, 0.5) is 0 Å². The lowest BCUT2D eigenvalue weighted by atomic mass is 10.0. The second-order valence-corrected chi connectivity index (χ2v) is 2.91. The van der Waals surface area contributed by atoms with Crippen molar-refractivity contribution in [1.29, 1.82) is 0 Å². The van der Waals surface area contributed by atoms with Crippen LogP contribution in [0.2, 0.25) is 0 Å². The number of benzene rings is 1. The van der Waals surface area contributed by atoms with Crippen LogP contribution >= 0.6 is 0 Å². The van der Waals surface area contributed by atoms with E-state index in [1.54, 1.807) is 0 Å². The van der Waals surface area contributed by atoms with Crippen LogP contribution in [0, 0.1) is 0 Å². The summed E-state index contributed by atoms with van der Waals surface area (Å²) in [7, 11) is 0. The summed E-state index contributed by atoms with van der Waals surface area (Å²) in [5, 5.41) is 2.55. The molecule has 0 aliphatic rings. The van der Waals surface area contributed by atoms with Gasteiger partial charge in [0.2, 0.25) is 12.3 Å². The summed E-state index contributed by atoms with van der Waals surface area (Å²) in [5.41, 5.74) is 6.86. The minimum absolute atomic E-state index is 0.205. The maximum atomic E-state index is 10.7. The van der Waals surface area contributed by atoms with Gasteiger partial charge >= 0.3 is 0 Å². The molecule has 2 amide bonds. The summed E-state index contributed by atoms with van der Waals surface area (Å²) < 4.78 is 0. The third-order valence-corrected chi connectivity index (χ3v) is 1.86. The topological polar surface area (TPSA) is 72.2 Å². The molecule has 14 heavy (non-hydrogen) atoms. The van der Waals surface area contributed by atoms with E-state index in [-0.39, 0.29) is 12.3 Å². The molecule has 3 N–H and O–H groups in total. The minimum atomic E-state index is -0.372. The smallest absolute Gasteiger partial charge is 0.221 e. The lowest BCUT2D eigenvalue weighted by Gasteiger charge is -2.06. The monoisotopic (exact) mass is 192 g/mol. The third kappa shape index (κ3) is 2.90. The first-order chi connectivity index (χ1) is 6.74. The molecule has 0 heterocycles. The van der Waals surface area contributed by atoms with Gasteiger partial charge < -0.3 is 11.1 Å². The Morgan fingerprint density at radius 2 is 2.00 bits per heavy atom. The normalized spacial score (nSPS) is 9.43. The number of nitrogens with two attached hydrogens (primary N) is 1. The zero-order chi connectivity index (χ0) is 10.4. The first kappa shape index (κ1) is 10.2. The fraction of sp³-hybridized carbons (Fsp3) is 0.200. The molecule has 0 fully saturated rings. The molecule has 0 saturated heterocycles. The molecule has 1 rings (SSSR count). The van der Waals surface area contributed by atoms with Crippen LogP contribution in [-0.2, 0) is 22.6 Å². The van der Waals surface area contributed by atoms with Crippen LogP contribution < -0.4 is 11.1 Å². The molecule has 0 unspecified atom stereocenters. The second-order valence-electron chi connectivity index (χ2n) is 2.91. The zero-order valence-corrected chi connectivity index (χ0v) is 7.69. The maximum Gasteiger partial charge on any atom is 0.221 e. The van der Waals surface area contributed by atoms with Gasteiger partial charge in [0, 0.05) is 6.54 Å². The Labute approximate surface area is 82.1 Å². The van der Waals surface area contributed by atoms with Crippen molar-refractivity contribution in [3.63, 3.8) is 0 Å². The Kier molecular flexibility index (Phi) is 3.67. The molecular weight excluding hydrogens is 180 g/mol. The third-order valence-electron chi connectivity index (χ3n) is 1.86. The van der Waals surface area contributed by atoms with Crippen LogP contribution in [0.15, 0.2) is 24.3 Å². The molecule has 0 radical (unpaired) electrons. The van der Waals surface area contributed by atoms with E-state index < -0.39 is 0 Å². The average Bonchev–Trinajstić information content (AvgIpc) is 2.16. The first-order valence-corrected chi connectivity index (χ1v) is 4.26. The number of hydrogen-bond acceptors (Lipinski definition) is 2. The predicted molar refractivity (Wildman–Crippen MR) is 52.2 cm³/mol. The molecule has 0 bridgehead atoms. The molecular formula is C10H12N2O2. The van der Waals surface area contributed by atoms with E-state index in [1.165, 1.54) is 0 Å². The van der Waals surface area contributed by atoms with Gasteiger partial charge in [0.05, 0.1) is 6.42 Å². The highest BCUT2D eigenvalue weighted by molar-refractivity contribution is 5.77. The second kappa shape index (κ2) is 5.01. The van der Waals surface area contributed by atoms with E-state index in [2.05, 4.69) is 5.32 Å². The highest BCUT2D eigenvalue weighted by Gasteiger charge is 2.03. The maximum absolute atomic E-state index is 10.7. The molecule has 4 nitrogen and oxygen atoms in total. The number of nitrogens with one attached hydrogen (secondary N) is 1. The Hall–Kier alpha value is -1.84. The number of rotatable bonds is 5. The minimum Gasteiger partial charge on any atom is -0.369 e. The van der Waals surface area contributed by atoms with E-state index >= 15 is 0 Å². The molecule has 0 aliphatic heterocycles. The standard InChI is InChI=1S/C10H12N2O2/c11-10(14)5-8-3-1-2-4-9(8)6-12-7-13/h1-4,7H,5-6H2,(H2,11,14)(H,12,13). The van der Waals surface area contributed by atoms with Crippen molar-refractivity contribution in [1.82, 2.24) is 5.32 Å². The van der Waals surface area contributed by atoms with Gasteiger partial charge in [-0.3, -0.25) is 9.59 Å². The van der Waals surface area contributed by atoms with Crippen LogP contribution in [0.1, 0.15) is 11.1 Å². The van der Waals surface area contributed by atoms with Crippen molar-refractivity contribution in [3.8, 4) is 0 Å². The summed E-state index contributed by atoms with van der Waals surface area (Å²) in [6, 6.07) is 7.37. The van der Waals surface area contributed by atoms with Crippen LogP contribution in [0.3, 0.4) is 0 Å².